The summed E-state index contributed by atoms with van der Waals surface area (Å²) in [5.74, 6) is -0.0186. The Morgan fingerprint density at radius 3 is 2.50 bits per heavy atom. The van der Waals surface area contributed by atoms with Crippen molar-refractivity contribution in [2.24, 2.45) is 0 Å². The number of rotatable bonds is 5. The molecule has 0 spiro atoms. The first-order valence-corrected chi connectivity index (χ1v) is 9.50. The Morgan fingerprint density at radius 1 is 1.00 bits per heavy atom. The van der Waals surface area contributed by atoms with E-state index in [1.54, 1.807) is 36.4 Å². The summed E-state index contributed by atoms with van der Waals surface area (Å²) in [5.41, 5.74) is 2.51. The maximum absolute atomic E-state index is 13.0. The summed E-state index contributed by atoms with van der Waals surface area (Å²) < 4.78 is 5.08. The minimum atomic E-state index is -0.313. The summed E-state index contributed by atoms with van der Waals surface area (Å²) in [5, 5.41) is 2.76. The Hall–Kier alpha value is -3.34. The van der Waals surface area contributed by atoms with Gasteiger partial charge in [-0.2, -0.15) is 0 Å². The molecule has 2 heterocycles. The van der Waals surface area contributed by atoms with Crippen molar-refractivity contribution in [3.05, 3.63) is 89.9 Å². The number of hydrogen-bond donors (Lipinski definition) is 1. The van der Waals surface area contributed by atoms with E-state index < -0.39 is 0 Å². The Morgan fingerprint density at radius 2 is 1.79 bits per heavy atom. The van der Waals surface area contributed by atoms with Crippen molar-refractivity contribution in [3.63, 3.8) is 0 Å². The third kappa shape index (κ3) is 3.98. The summed E-state index contributed by atoms with van der Waals surface area (Å²) in [6.45, 7) is 0.785. The molecule has 2 amide bonds. The van der Waals surface area contributed by atoms with E-state index in [4.69, 9.17) is 4.42 Å². The molecule has 0 bridgehead atoms. The molecule has 0 saturated carbocycles. The first-order valence-electron chi connectivity index (χ1n) is 9.50. The largest absolute Gasteiger partial charge is 0.459 e. The van der Waals surface area contributed by atoms with Gasteiger partial charge in [-0.3, -0.25) is 9.59 Å². The van der Waals surface area contributed by atoms with Gasteiger partial charge in [-0.25, -0.2) is 0 Å². The molecule has 1 saturated heterocycles. The zero-order chi connectivity index (χ0) is 19.3. The molecular formula is C23H22N2O3. The van der Waals surface area contributed by atoms with Crippen LogP contribution in [-0.4, -0.2) is 29.3 Å². The van der Waals surface area contributed by atoms with Crippen LogP contribution in [0.15, 0.2) is 77.4 Å². The molecular weight excluding hydrogens is 352 g/mol. The third-order valence-corrected chi connectivity index (χ3v) is 5.09. The van der Waals surface area contributed by atoms with Crippen molar-refractivity contribution in [2.45, 2.75) is 25.3 Å². The molecule has 1 unspecified atom stereocenters. The molecule has 0 radical (unpaired) electrons. The number of carbonyl (C=O) groups excluding carboxylic acids is 2. The van der Waals surface area contributed by atoms with Crippen LogP contribution in [0.5, 0.6) is 0 Å². The highest BCUT2D eigenvalue weighted by atomic mass is 16.3. The molecule has 1 fully saturated rings. The van der Waals surface area contributed by atoms with Gasteiger partial charge in [0.25, 0.3) is 11.8 Å². The lowest BCUT2D eigenvalue weighted by Crippen LogP contribution is -2.36. The molecule has 1 atom stereocenters. The number of nitrogens with zero attached hydrogens (tertiary/aromatic N) is 1. The predicted molar refractivity (Wildman–Crippen MR) is 107 cm³/mol. The van der Waals surface area contributed by atoms with Gasteiger partial charge < -0.3 is 14.6 Å². The third-order valence-electron chi connectivity index (χ3n) is 5.09. The number of amides is 2. The Labute approximate surface area is 164 Å². The minimum absolute atomic E-state index is 0.0438. The SMILES string of the molecule is O=C(Nc1ccc(C(=O)N2CCCC2Cc2ccccc2)cc1)c1ccco1. The lowest BCUT2D eigenvalue weighted by atomic mass is 10.0. The van der Waals surface area contributed by atoms with E-state index in [-0.39, 0.29) is 23.6 Å². The van der Waals surface area contributed by atoms with Gasteiger partial charge in [-0.1, -0.05) is 30.3 Å². The van der Waals surface area contributed by atoms with Crippen LogP contribution in [0, 0.1) is 0 Å². The van der Waals surface area contributed by atoms with E-state index in [1.807, 2.05) is 23.1 Å². The monoisotopic (exact) mass is 374 g/mol. The van der Waals surface area contributed by atoms with E-state index in [9.17, 15) is 9.59 Å². The normalized spacial score (nSPS) is 16.1. The van der Waals surface area contributed by atoms with Crippen LogP contribution in [0.25, 0.3) is 0 Å². The molecule has 1 N–H and O–H groups in total. The van der Waals surface area contributed by atoms with Gasteiger partial charge >= 0.3 is 0 Å². The van der Waals surface area contributed by atoms with E-state index in [2.05, 4.69) is 17.4 Å². The molecule has 1 aliphatic heterocycles. The number of carbonyl (C=O) groups is 2. The summed E-state index contributed by atoms with van der Waals surface area (Å²) >= 11 is 0. The first-order chi connectivity index (χ1) is 13.7. The van der Waals surface area contributed by atoms with E-state index in [1.165, 1.54) is 11.8 Å². The van der Waals surface area contributed by atoms with Crippen LogP contribution in [-0.2, 0) is 6.42 Å². The van der Waals surface area contributed by atoms with Crippen LogP contribution in [0.1, 0.15) is 39.3 Å². The van der Waals surface area contributed by atoms with Crippen molar-refractivity contribution in [1.82, 2.24) is 4.90 Å². The van der Waals surface area contributed by atoms with Gasteiger partial charge in [0.15, 0.2) is 5.76 Å². The average Bonchev–Trinajstić information content (AvgIpc) is 3.41. The molecule has 2 aromatic carbocycles. The van der Waals surface area contributed by atoms with Crippen molar-refractivity contribution < 1.29 is 14.0 Å². The molecule has 5 heteroatoms. The second-order valence-electron chi connectivity index (χ2n) is 6.99. The topological polar surface area (TPSA) is 62.6 Å². The fourth-order valence-electron chi connectivity index (χ4n) is 3.66. The van der Waals surface area contributed by atoms with Crippen LogP contribution >= 0.6 is 0 Å². The number of anilines is 1. The van der Waals surface area contributed by atoms with Crippen molar-refractivity contribution >= 4 is 17.5 Å². The van der Waals surface area contributed by atoms with Crippen molar-refractivity contribution in [1.29, 1.82) is 0 Å². The molecule has 3 aromatic rings. The highest BCUT2D eigenvalue weighted by Crippen LogP contribution is 2.24. The second-order valence-corrected chi connectivity index (χ2v) is 6.99. The maximum atomic E-state index is 13.0. The van der Waals surface area contributed by atoms with Gasteiger partial charge in [-0.15, -0.1) is 0 Å². The van der Waals surface area contributed by atoms with Gasteiger partial charge in [-0.05, 0) is 61.2 Å². The van der Waals surface area contributed by atoms with Gasteiger partial charge in [0.05, 0.1) is 6.26 Å². The van der Waals surface area contributed by atoms with E-state index >= 15 is 0 Å². The summed E-state index contributed by atoms with van der Waals surface area (Å²) in [6, 6.07) is 20.8. The molecule has 142 valence electrons. The highest BCUT2D eigenvalue weighted by molar-refractivity contribution is 6.02. The fraction of sp³-hybridized carbons (Fsp3) is 0.217. The lowest BCUT2D eigenvalue weighted by molar-refractivity contribution is 0.0736. The number of nitrogens with one attached hydrogen (secondary N) is 1. The molecule has 0 aliphatic carbocycles. The van der Waals surface area contributed by atoms with E-state index in [0.717, 1.165) is 25.8 Å². The minimum Gasteiger partial charge on any atom is -0.459 e. The second kappa shape index (κ2) is 8.13. The number of benzene rings is 2. The summed E-state index contributed by atoms with van der Waals surface area (Å²) in [4.78, 5) is 27.0. The zero-order valence-electron chi connectivity index (χ0n) is 15.5. The smallest absolute Gasteiger partial charge is 0.291 e. The van der Waals surface area contributed by atoms with Crippen LogP contribution in [0.4, 0.5) is 5.69 Å². The Balaban J connectivity index is 1.42. The van der Waals surface area contributed by atoms with Crippen molar-refractivity contribution in [3.8, 4) is 0 Å². The van der Waals surface area contributed by atoms with Crippen LogP contribution in [0.3, 0.4) is 0 Å². The maximum Gasteiger partial charge on any atom is 0.291 e. The average molecular weight is 374 g/mol. The lowest BCUT2D eigenvalue weighted by Gasteiger charge is -2.25. The van der Waals surface area contributed by atoms with Gasteiger partial charge in [0.1, 0.15) is 0 Å². The molecule has 1 aliphatic rings. The molecule has 28 heavy (non-hydrogen) atoms. The Kier molecular flexibility index (Phi) is 5.24. The van der Waals surface area contributed by atoms with E-state index in [0.29, 0.717) is 11.3 Å². The van der Waals surface area contributed by atoms with Gasteiger partial charge in [0.2, 0.25) is 0 Å². The Bertz CT molecular complexity index is 934. The van der Waals surface area contributed by atoms with Crippen molar-refractivity contribution in [2.75, 3.05) is 11.9 Å². The number of hydrogen-bond acceptors (Lipinski definition) is 3. The van der Waals surface area contributed by atoms with Crippen LogP contribution in [0.2, 0.25) is 0 Å². The molecule has 1 aromatic heterocycles. The van der Waals surface area contributed by atoms with Gasteiger partial charge in [0, 0.05) is 23.8 Å². The molecule has 4 rings (SSSR count). The molecule has 5 nitrogen and oxygen atoms in total. The standard InChI is InChI=1S/C23H22N2O3/c26-22(21-9-5-15-28-21)24-19-12-10-18(11-13-19)23(27)25-14-4-8-20(25)16-17-6-2-1-3-7-17/h1-3,5-7,9-13,15,20H,4,8,14,16H2,(H,24,26). The quantitative estimate of drug-likeness (QED) is 0.721. The zero-order valence-corrected chi connectivity index (χ0v) is 15.5. The summed E-state index contributed by atoms with van der Waals surface area (Å²) in [7, 11) is 0. The number of furan rings is 1. The fourth-order valence-corrected chi connectivity index (χ4v) is 3.66. The van der Waals surface area contributed by atoms with Crippen LogP contribution < -0.4 is 5.32 Å². The number of likely N-dealkylation sites (tertiary alicyclic amines) is 1. The predicted octanol–water partition coefficient (Wildman–Crippen LogP) is 4.38. The highest BCUT2D eigenvalue weighted by Gasteiger charge is 2.29. The first kappa shape index (κ1) is 18.0. The summed E-state index contributed by atoms with van der Waals surface area (Å²) in [6.07, 6.45) is 4.39.